The summed E-state index contributed by atoms with van der Waals surface area (Å²) in [5.74, 6) is 0. The van der Waals surface area contributed by atoms with E-state index in [4.69, 9.17) is 5.21 Å². The number of fused-ring (bicyclic) bond motifs is 1. The van der Waals surface area contributed by atoms with Crippen LogP contribution in [-0.4, -0.2) is 20.4 Å². The fourth-order valence-corrected chi connectivity index (χ4v) is 0.857. The monoisotopic (exact) mass is 169 g/mol. The maximum absolute atomic E-state index is 8.95. The first-order valence-electron chi connectivity index (χ1n) is 2.87. The van der Waals surface area contributed by atoms with Crippen molar-refractivity contribution >= 4 is 20.9 Å². The predicted molar refractivity (Wildman–Crippen MR) is 45.8 cm³/mol. The summed E-state index contributed by atoms with van der Waals surface area (Å²) in [5.41, 5.74) is 1.33. The smallest absolute Gasteiger partial charge is 0.130 e. The number of hydrogen-bond donors (Lipinski definition) is 1. The average molecular weight is 169 g/mol. The molecule has 1 N–H and O–H groups in total. The number of aromatic nitrogens is 3. The Bertz CT molecular complexity index is 359. The van der Waals surface area contributed by atoms with E-state index < -0.39 is 0 Å². The molecule has 0 aliphatic heterocycles. The zero-order valence-corrected chi connectivity index (χ0v) is 7.22. The van der Waals surface area contributed by atoms with Crippen molar-refractivity contribution < 1.29 is 5.21 Å². The van der Waals surface area contributed by atoms with Gasteiger partial charge in [0.15, 0.2) is 0 Å². The van der Waals surface area contributed by atoms with Gasteiger partial charge in [0.1, 0.15) is 11.0 Å². The van der Waals surface area contributed by atoms with Crippen LogP contribution in [0.3, 0.4) is 0 Å². The van der Waals surface area contributed by atoms with Gasteiger partial charge in [0.05, 0.1) is 0 Å². The number of nitrogens with zero attached hydrogens (tertiary/aromatic N) is 3. The Labute approximate surface area is 66.4 Å². The third-order valence-electron chi connectivity index (χ3n) is 1.33. The molecule has 0 radical (unpaired) electrons. The van der Waals surface area contributed by atoms with Crippen molar-refractivity contribution in [3.05, 3.63) is 24.3 Å². The highest BCUT2D eigenvalue weighted by molar-refractivity contribution is 6.92. The second kappa shape index (κ2) is 2.84. The number of benzene rings is 1. The Morgan fingerprint density at radius 2 is 2.00 bits per heavy atom. The highest BCUT2D eigenvalue weighted by atomic mass is 31.0. The normalized spacial score (nSPS) is 9.45. The zero-order chi connectivity index (χ0) is 6.97. The lowest BCUT2D eigenvalue weighted by Crippen LogP contribution is -1.90. The van der Waals surface area contributed by atoms with Crippen LogP contribution in [0.15, 0.2) is 24.3 Å². The molecule has 1 aromatic heterocycles. The van der Waals surface area contributed by atoms with Gasteiger partial charge in [-0.1, -0.05) is 17.0 Å². The summed E-state index contributed by atoms with van der Waals surface area (Å²) in [6.07, 6.45) is 0. The topological polar surface area (TPSA) is 50.9 Å². The molecule has 1 aromatic carbocycles. The zero-order valence-electron chi connectivity index (χ0n) is 5.81. The first-order valence-corrected chi connectivity index (χ1v) is 2.87. The number of para-hydroxylation sites is 1. The third-order valence-corrected chi connectivity index (χ3v) is 1.33. The minimum absolute atomic E-state index is 0. The standard InChI is InChI=1S/C6H5N3O.H3P/c10-9-6-4-2-1-3-5(6)7-8-9;/h1-4,10H;1H3. The molecule has 1 heterocycles. The van der Waals surface area contributed by atoms with Crippen molar-refractivity contribution in [2.45, 2.75) is 0 Å². The molecular weight excluding hydrogens is 161 g/mol. The van der Waals surface area contributed by atoms with Crippen LogP contribution in [0.5, 0.6) is 0 Å². The van der Waals surface area contributed by atoms with Crippen molar-refractivity contribution in [1.29, 1.82) is 0 Å². The molecule has 0 aliphatic carbocycles. The van der Waals surface area contributed by atoms with Crippen LogP contribution in [0.4, 0.5) is 0 Å². The van der Waals surface area contributed by atoms with Gasteiger partial charge in [-0.25, -0.2) is 0 Å². The summed E-state index contributed by atoms with van der Waals surface area (Å²) in [7, 11) is 0. The van der Waals surface area contributed by atoms with Gasteiger partial charge in [0.25, 0.3) is 0 Å². The average Bonchev–Trinajstić information content (AvgIpc) is 2.34. The lowest BCUT2D eigenvalue weighted by atomic mass is 10.3. The molecule has 58 valence electrons. The molecule has 2 rings (SSSR count). The van der Waals surface area contributed by atoms with Crippen LogP contribution < -0.4 is 0 Å². The Balaban J connectivity index is 0.000000605. The fraction of sp³-hybridized carbons (Fsp3) is 0. The van der Waals surface area contributed by atoms with E-state index in [0.29, 0.717) is 11.0 Å². The summed E-state index contributed by atoms with van der Waals surface area (Å²) in [6, 6.07) is 7.19. The quantitative estimate of drug-likeness (QED) is 0.467. The van der Waals surface area contributed by atoms with Gasteiger partial charge in [-0.2, -0.15) is 9.90 Å². The van der Waals surface area contributed by atoms with Gasteiger partial charge in [0, 0.05) is 0 Å². The van der Waals surface area contributed by atoms with Gasteiger partial charge in [-0.05, 0) is 17.3 Å². The fourth-order valence-electron chi connectivity index (χ4n) is 0.857. The minimum Gasteiger partial charge on any atom is -0.410 e. The molecule has 0 saturated heterocycles. The summed E-state index contributed by atoms with van der Waals surface area (Å²) in [4.78, 5) is 0.759. The molecule has 2 aromatic rings. The van der Waals surface area contributed by atoms with E-state index in [9.17, 15) is 0 Å². The van der Waals surface area contributed by atoms with E-state index in [1.165, 1.54) is 0 Å². The molecule has 0 amide bonds. The van der Waals surface area contributed by atoms with Crippen LogP contribution in [0.2, 0.25) is 0 Å². The van der Waals surface area contributed by atoms with Crippen LogP contribution in [0.25, 0.3) is 11.0 Å². The van der Waals surface area contributed by atoms with E-state index in [2.05, 4.69) is 10.3 Å². The number of hydrogen-bond acceptors (Lipinski definition) is 3. The first-order chi connectivity index (χ1) is 4.88. The molecule has 1 unspecified atom stereocenters. The van der Waals surface area contributed by atoms with Gasteiger partial charge in [-0.3, -0.25) is 0 Å². The minimum atomic E-state index is 0. The van der Waals surface area contributed by atoms with Crippen molar-refractivity contribution in [3.8, 4) is 0 Å². The lowest BCUT2D eigenvalue weighted by Gasteiger charge is -1.85. The Morgan fingerprint density at radius 1 is 1.27 bits per heavy atom. The maximum atomic E-state index is 8.95. The van der Waals surface area contributed by atoms with Crippen molar-refractivity contribution in [1.82, 2.24) is 15.2 Å². The van der Waals surface area contributed by atoms with Gasteiger partial charge in [-0.15, -0.1) is 5.10 Å². The molecule has 0 fully saturated rings. The summed E-state index contributed by atoms with van der Waals surface area (Å²) in [5, 5.41) is 16.1. The molecule has 0 bridgehead atoms. The molecule has 11 heavy (non-hydrogen) atoms. The van der Waals surface area contributed by atoms with Gasteiger partial charge < -0.3 is 5.21 Å². The Hall–Kier alpha value is -1.15. The molecule has 0 spiro atoms. The summed E-state index contributed by atoms with van der Waals surface area (Å²) in [6.45, 7) is 0. The van der Waals surface area contributed by atoms with Crippen LogP contribution in [0.1, 0.15) is 0 Å². The SMILES string of the molecule is On1nnc2ccccc21.P. The molecule has 0 aliphatic rings. The molecule has 4 nitrogen and oxygen atoms in total. The van der Waals surface area contributed by atoms with Crippen molar-refractivity contribution in [3.63, 3.8) is 0 Å². The highest BCUT2D eigenvalue weighted by Gasteiger charge is 1.98. The molecular formula is C6H8N3OP. The summed E-state index contributed by atoms with van der Waals surface area (Å²) >= 11 is 0. The second-order valence-corrected chi connectivity index (χ2v) is 1.97. The Morgan fingerprint density at radius 3 is 2.73 bits per heavy atom. The van der Waals surface area contributed by atoms with Gasteiger partial charge >= 0.3 is 0 Å². The molecule has 0 saturated carbocycles. The predicted octanol–water partition coefficient (Wildman–Crippen LogP) is 0.727. The molecule has 1 atom stereocenters. The lowest BCUT2D eigenvalue weighted by molar-refractivity contribution is 0.155. The second-order valence-electron chi connectivity index (χ2n) is 1.97. The summed E-state index contributed by atoms with van der Waals surface area (Å²) < 4.78 is 0. The van der Waals surface area contributed by atoms with E-state index in [1.54, 1.807) is 12.1 Å². The van der Waals surface area contributed by atoms with E-state index in [0.717, 1.165) is 4.85 Å². The number of rotatable bonds is 0. The van der Waals surface area contributed by atoms with E-state index >= 15 is 0 Å². The third kappa shape index (κ3) is 1.17. The highest BCUT2D eigenvalue weighted by Crippen LogP contribution is 2.06. The van der Waals surface area contributed by atoms with E-state index in [1.807, 2.05) is 12.1 Å². The van der Waals surface area contributed by atoms with E-state index in [-0.39, 0.29) is 9.90 Å². The first kappa shape index (κ1) is 7.95. The molecule has 5 heteroatoms. The van der Waals surface area contributed by atoms with Gasteiger partial charge in [0.2, 0.25) is 0 Å². The van der Waals surface area contributed by atoms with Crippen molar-refractivity contribution in [2.24, 2.45) is 0 Å². The Kier molecular flexibility index (Phi) is 2.06. The van der Waals surface area contributed by atoms with Crippen LogP contribution >= 0.6 is 9.90 Å². The largest absolute Gasteiger partial charge is 0.410 e. The maximum Gasteiger partial charge on any atom is 0.130 e. The van der Waals surface area contributed by atoms with Crippen molar-refractivity contribution in [2.75, 3.05) is 0 Å². The van der Waals surface area contributed by atoms with Crippen LogP contribution in [-0.2, 0) is 0 Å². The van der Waals surface area contributed by atoms with Crippen LogP contribution in [0, 0.1) is 0 Å².